The molecule has 1 aromatic carbocycles. The fraction of sp³-hybridized carbons (Fsp3) is 0.455. The molecular formula is C11H14FNO2S. The van der Waals surface area contributed by atoms with Crippen LogP contribution in [-0.2, 0) is 9.47 Å². The molecule has 0 aliphatic carbocycles. The van der Waals surface area contributed by atoms with Gasteiger partial charge in [0.25, 0.3) is 0 Å². The van der Waals surface area contributed by atoms with Gasteiger partial charge in [-0.3, -0.25) is 0 Å². The molecule has 1 atom stereocenters. The standard InChI is InChI=1S/C11H14FNO2S/c12-8-1-2-11(10(13)5-8)16-6-9-3-4-14-7-15-9/h1-2,5,9H,3-4,6-7,13H2. The molecule has 5 heteroatoms. The molecule has 0 spiro atoms. The van der Waals surface area contributed by atoms with E-state index in [9.17, 15) is 4.39 Å². The lowest BCUT2D eigenvalue weighted by Crippen LogP contribution is -2.25. The molecule has 1 unspecified atom stereocenters. The van der Waals surface area contributed by atoms with Crippen molar-refractivity contribution in [3.05, 3.63) is 24.0 Å². The van der Waals surface area contributed by atoms with Crippen molar-refractivity contribution in [1.82, 2.24) is 0 Å². The number of benzene rings is 1. The summed E-state index contributed by atoms with van der Waals surface area (Å²) in [4.78, 5) is 0.900. The van der Waals surface area contributed by atoms with Crippen LogP contribution in [0, 0.1) is 5.82 Å². The Morgan fingerprint density at radius 2 is 2.38 bits per heavy atom. The van der Waals surface area contributed by atoms with Gasteiger partial charge in [-0.2, -0.15) is 0 Å². The minimum Gasteiger partial charge on any atom is -0.398 e. The van der Waals surface area contributed by atoms with E-state index in [2.05, 4.69) is 0 Å². The third-order valence-corrected chi connectivity index (χ3v) is 3.59. The average Bonchev–Trinajstić information content (AvgIpc) is 2.29. The number of halogens is 1. The highest BCUT2D eigenvalue weighted by Gasteiger charge is 2.14. The van der Waals surface area contributed by atoms with Crippen LogP contribution in [0.1, 0.15) is 6.42 Å². The molecule has 1 aliphatic heterocycles. The van der Waals surface area contributed by atoms with Crippen LogP contribution in [0.2, 0.25) is 0 Å². The van der Waals surface area contributed by atoms with Crippen molar-refractivity contribution in [3.63, 3.8) is 0 Å². The van der Waals surface area contributed by atoms with E-state index in [0.29, 0.717) is 12.5 Å². The quantitative estimate of drug-likeness (QED) is 0.653. The Labute approximate surface area is 98.1 Å². The maximum Gasteiger partial charge on any atom is 0.147 e. The van der Waals surface area contributed by atoms with Gasteiger partial charge < -0.3 is 15.2 Å². The van der Waals surface area contributed by atoms with Crippen LogP contribution in [-0.4, -0.2) is 25.3 Å². The molecule has 3 nitrogen and oxygen atoms in total. The van der Waals surface area contributed by atoms with Crippen LogP contribution in [0.3, 0.4) is 0 Å². The lowest BCUT2D eigenvalue weighted by Gasteiger charge is -2.22. The van der Waals surface area contributed by atoms with Crippen LogP contribution in [0.15, 0.2) is 23.1 Å². The van der Waals surface area contributed by atoms with Gasteiger partial charge in [-0.05, 0) is 24.6 Å². The number of nitrogens with two attached hydrogens (primary N) is 1. The second-order valence-electron chi connectivity index (χ2n) is 3.60. The summed E-state index contributed by atoms with van der Waals surface area (Å²) >= 11 is 1.59. The number of hydrogen-bond acceptors (Lipinski definition) is 4. The first-order chi connectivity index (χ1) is 7.75. The minimum absolute atomic E-state index is 0.197. The summed E-state index contributed by atoms with van der Waals surface area (Å²) in [5.41, 5.74) is 6.19. The molecule has 0 amide bonds. The summed E-state index contributed by atoms with van der Waals surface area (Å²) in [5.74, 6) is 0.517. The molecule has 88 valence electrons. The Morgan fingerprint density at radius 3 is 3.06 bits per heavy atom. The van der Waals surface area contributed by atoms with Crippen molar-refractivity contribution >= 4 is 17.4 Å². The Kier molecular flexibility index (Phi) is 4.04. The summed E-state index contributed by atoms with van der Waals surface area (Å²) in [6.07, 6.45) is 1.09. The van der Waals surface area contributed by atoms with E-state index in [4.69, 9.17) is 15.2 Å². The summed E-state index contributed by atoms with van der Waals surface area (Å²) in [6, 6.07) is 4.46. The first-order valence-corrected chi connectivity index (χ1v) is 6.11. The molecule has 1 fully saturated rings. The number of nitrogen functional groups attached to an aromatic ring is 1. The molecule has 2 N–H and O–H groups in total. The van der Waals surface area contributed by atoms with Crippen LogP contribution < -0.4 is 5.73 Å². The third-order valence-electron chi connectivity index (χ3n) is 2.37. The Morgan fingerprint density at radius 1 is 1.50 bits per heavy atom. The van der Waals surface area contributed by atoms with E-state index in [0.717, 1.165) is 23.7 Å². The van der Waals surface area contributed by atoms with Crippen LogP contribution in [0.25, 0.3) is 0 Å². The molecule has 16 heavy (non-hydrogen) atoms. The lowest BCUT2D eigenvalue weighted by molar-refractivity contribution is -0.130. The molecule has 1 aliphatic rings. The summed E-state index contributed by atoms with van der Waals surface area (Å²) < 4.78 is 23.3. The van der Waals surface area contributed by atoms with Crippen LogP contribution >= 0.6 is 11.8 Å². The molecule has 2 rings (SSSR count). The zero-order valence-corrected chi connectivity index (χ0v) is 9.63. The van der Waals surface area contributed by atoms with Crippen molar-refractivity contribution in [3.8, 4) is 0 Å². The van der Waals surface area contributed by atoms with Crippen LogP contribution in [0.4, 0.5) is 10.1 Å². The Hall–Kier alpha value is -0.780. The third kappa shape index (κ3) is 3.10. The average molecular weight is 243 g/mol. The van der Waals surface area contributed by atoms with E-state index in [-0.39, 0.29) is 11.9 Å². The second kappa shape index (κ2) is 5.52. The van der Waals surface area contributed by atoms with Gasteiger partial charge in [-0.25, -0.2) is 4.39 Å². The van der Waals surface area contributed by atoms with Crippen molar-refractivity contribution in [2.24, 2.45) is 0 Å². The first-order valence-electron chi connectivity index (χ1n) is 5.13. The monoisotopic (exact) mass is 243 g/mol. The van der Waals surface area contributed by atoms with E-state index in [1.807, 2.05) is 0 Å². The van der Waals surface area contributed by atoms with Crippen molar-refractivity contribution in [2.45, 2.75) is 17.4 Å². The molecule has 0 bridgehead atoms. The largest absolute Gasteiger partial charge is 0.398 e. The molecular weight excluding hydrogens is 229 g/mol. The fourth-order valence-corrected chi connectivity index (χ4v) is 2.48. The van der Waals surface area contributed by atoms with E-state index >= 15 is 0 Å². The predicted molar refractivity (Wildman–Crippen MR) is 61.8 cm³/mol. The Bertz CT molecular complexity index is 356. The highest BCUT2D eigenvalue weighted by molar-refractivity contribution is 7.99. The summed E-state index contributed by atoms with van der Waals surface area (Å²) in [7, 11) is 0. The van der Waals surface area contributed by atoms with E-state index in [1.165, 1.54) is 12.1 Å². The van der Waals surface area contributed by atoms with Gasteiger partial charge in [0, 0.05) is 16.3 Å². The number of anilines is 1. The van der Waals surface area contributed by atoms with Crippen molar-refractivity contribution in [1.29, 1.82) is 0 Å². The fourth-order valence-electron chi connectivity index (χ4n) is 1.47. The van der Waals surface area contributed by atoms with Gasteiger partial charge in [-0.1, -0.05) is 0 Å². The topological polar surface area (TPSA) is 44.5 Å². The maximum atomic E-state index is 12.8. The smallest absolute Gasteiger partial charge is 0.147 e. The van der Waals surface area contributed by atoms with Gasteiger partial charge in [0.05, 0.1) is 12.7 Å². The zero-order chi connectivity index (χ0) is 11.4. The zero-order valence-electron chi connectivity index (χ0n) is 8.82. The van der Waals surface area contributed by atoms with Gasteiger partial charge in [0.15, 0.2) is 0 Å². The van der Waals surface area contributed by atoms with Gasteiger partial charge in [0.2, 0.25) is 0 Å². The molecule has 0 radical (unpaired) electrons. The van der Waals surface area contributed by atoms with Gasteiger partial charge in [-0.15, -0.1) is 11.8 Å². The van der Waals surface area contributed by atoms with Gasteiger partial charge >= 0.3 is 0 Å². The number of hydrogen-bond donors (Lipinski definition) is 1. The number of thioether (sulfide) groups is 1. The molecule has 1 saturated heterocycles. The normalized spacial score (nSPS) is 20.9. The van der Waals surface area contributed by atoms with Crippen molar-refractivity contribution in [2.75, 3.05) is 24.9 Å². The SMILES string of the molecule is Nc1cc(F)ccc1SCC1CCOCO1. The highest BCUT2D eigenvalue weighted by Crippen LogP contribution is 2.27. The highest BCUT2D eigenvalue weighted by atomic mass is 32.2. The molecule has 0 saturated carbocycles. The number of ether oxygens (including phenoxy) is 2. The molecule has 0 aromatic heterocycles. The van der Waals surface area contributed by atoms with E-state index in [1.54, 1.807) is 17.8 Å². The van der Waals surface area contributed by atoms with Crippen LogP contribution in [0.5, 0.6) is 0 Å². The van der Waals surface area contributed by atoms with Crippen molar-refractivity contribution < 1.29 is 13.9 Å². The van der Waals surface area contributed by atoms with E-state index < -0.39 is 0 Å². The summed E-state index contributed by atoms with van der Waals surface area (Å²) in [5, 5.41) is 0. The predicted octanol–water partition coefficient (Wildman–Crippen LogP) is 2.26. The first kappa shape index (κ1) is 11.7. The summed E-state index contributed by atoms with van der Waals surface area (Å²) in [6.45, 7) is 1.11. The number of rotatable bonds is 3. The second-order valence-corrected chi connectivity index (χ2v) is 4.66. The molecule has 1 aromatic rings. The Balaban J connectivity index is 1.88. The minimum atomic E-state index is -0.302. The van der Waals surface area contributed by atoms with Gasteiger partial charge in [0.1, 0.15) is 12.6 Å². The molecule has 1 heterocycles. The lowest BCUT2D eigenvalue weighted by atomic mass is 10.3. The maximum absolute atomic E-state index is 12.8.